The summed E-state index contributed by atoms with van der Waals surface area (Å²) in [6, 6.07) is 7.69. The molecule has 0 aliphatic carbocycles. The summed E-state index contributed by atoms with van der Waals surface area (Å²) in [7, 11) is 0. The van der Waals surface area contributed by atoms with Crippen LogP contribution in [0.15, 0.2) is 24.3 Å². The van der Waals surface area contributed by atoms with Gasteiger partial charge in [0.2, 0.25) is 5.91 Å². The van der Waals surface area contributed by atoms with Gasteiger partial charge in [-0.05, 0) is 37.8 Å². The molecule has 20 heavy (non-hydrogen) atoms. The van der Waals surface area contributed by atoms with Crippen molar-refractivity contribution in [1.29, 1.82) is 0 Å². The molecule has 2 rings (SSSR count). The number of carbonyl (C=O) groups is 1. The molecular weight excluding hydrogens is 276 g/mol. The van der Waals surface area contributed by atoms with E-state index in [1.54, 1.807) is 0 Å². The first-order valence-corrected chi connectivity index (χ1v) is 7.37. The summed E-state index contributed by atoms with van der Waals surface area (Å²) in [4.78, 5) is 12.1. The van der Waals surface area contributed by atoms with Crippen LogP contribution in [0.5, 0.6) is 0 Å². The van der Waals surface area contributed by atoms with Crippen molar-refractivity contribution in [3.8, 4) is 0 Å². The van der Waals surface area contributed by atoms with Gasteiger partial charge in [0.15, 0.2) is 0 Å². The Balaban J connectivity index is 1.84. The SMILES string of the molecule is CC(Cc1ccccc1Cl)NC(=O)C1CCC(CN)O1. The maximum absolute atomic E-state index is 12.1. The van der Waals surface area contributed by atoms with Crippen molar-refractivity contribution >= 4 is 17.5 Å². The molecule has 1 saturated heterocycles. The summed E-state index contributed by atoms with van der Waals surface area (Å²) in [5, 5.41) is 3.71. The lowest BCUT2D eigenvalue weighted by molar-refractivity contribution is -0.132. The maximum Gasteiger partial charge on any atom is 0.249 e. The number of carbonyl (C=O) groups excluding carboxylic acids is 1. The van der Waals surface area contributed by atoms with Gasteiger partial charge in [-0.1, -0.05) is 29.8 Å². The van der Waals surface area contributed by atoms with Crippen molar-refractivity contribution in [3.05, 3.63) is 34.9 Å². The summed E-state index contributed by atoms with van der Waals surface area (Å²) < 4.78 is 5.58. The Bertz CT molecular complexity index is 467. The Hall–Kier alpha value is -1.10. The molecular formula is C15H21ClN2O2. The number of nitrogens with one attached hydrogen (secondary N) is 1. The average molecular weight is 297 g/mol. The molecule has 1 aliphatic heterocycles. The van der Waals surface area contributed by atoms with Crippen LogP contribution in [0.4, 0.5) is 0 Å². The molecule has 1 amide bonds. The minimum atomic E-state index is -0.364. The standard InChI is InChI=1S/C15H21ClN2O2/c1-10(8-11-4-2-3-5-13(11)16)18-15(19)14-7-6-12(9-17)20-14/h2-5,10,12,14H,6-9,17H2,1H3,(H,18,19). The molecule has 1 aromatic carbocycles. The number of nitrogens with two attached hydrogens (primary N) is 1. The average Bonchev–Trinajstić information content (AvgIpc) is 2.90. The predicted molar refractivity (Wildman–Crippen MR) is 79.7 cm³/mol. The third kappa shape index (κ3) is 3.95. The number of amides is 1. The molecule has 1 fully saturated rings. The van der Waals surface area contributed by atoms with E-state index in [4.69, 9.17) is 22.1 Å². The lowest BCUT2D eigenvalue weighted by Crippen LogP contribution is -2.41. The lowest BCUT2D eigenvalue weighted by atomic mass is 10.1. The van der Waals surface area contributed by atoms with Crippen LogP contribution in [0.1, 0.15) is 25.3 Å². The molecule has 0 bridgehead atoms. The van der Waals surface area contributed by atoms with Crippen molar-refractivity contribution in [1.82, 2.24) is 5.32 Å². The predicted octanol–water partition coefficient (Wildman–Crippen LogP) is 1.89. The fraction of sp³-hybridized carbons (Fsp3) is 0.533. The zero-order valence-corrected chi connectivity index (χ0v) is 12.4. The maximum atomic E-state index is 12.1. The fourth-order valence-corrected chi connectivity index (χ4v) is 2.67. The van der Waals surface area contributed by atoms with Crippen molar-refractivity contribution in [3.63, 3.8) is 0 Å². The molecule has 0 radical (unpaired) electrons. The second kappa shape index (κ2) is 7.07. The molecule has 3 atom stereocenters. The van der Waals surface area contributed by atoms with Gasteiger partial charge in [0, 0.05) is 17.6 Å². The van der Waals surface area contributed by atoms with Gasteiger partial charge in [-0.3, -0.25) is 4.79 Å². The second-order valence-electron chi connectivity index (χ2n) is 5.26. The molecule has 0 spiro atoms. The van der Waals surface area contributed by atoms with Gasteiger partial charge in [0.05, 0.1) is 6.10 Å². The van der Waals surface area contributed by atoms with E-state index in [9.17, 15) is 4.79 Å². The van der Waals surface area contributed by atoms with E-state index in [2.05, 4.69) is 5.32 Å². The van der Waals surface area contributed by atoms with E-state index in [0.717, 1.165) is 23.4 Å². The van der Waals surface area contributed by atoms with Gasteiger partial charge in [0.25, 0.3) is 0 Å². The zero-order valence-electron chi connectivity index (χ0n) is 11.6. The van der Waals surface area contributed by atoms with Crippen molar-refractivity contribution in [2.75, 3.05) is 6.54 Å². The van der Waals surface area contributed by atoms with Gasteiger partial charge in [-0.2, -0.15) is 0 Å². The Labute approximate surface area is 124 Å². The highest BCUT2D eigenvalue weighted by Gasteiger charge is 2.30. The Kier molecular flexibility index (Phi) is 5.40. The van der Waals surface area contributed by atoms with Crippen molar-refractivity contribution in [2.24, 2.45) is 5.73 Å². The first-order valence-electron chi connectivity index (χ1n) is 6.99. The van der Waals surface area contributed by atoms with Gasteiger partial charge in [-0.15, -0.1) is 0 Å². The van der Waals surface area contributed by atoms with Gasteiger partial charge in [0.1, 0.15) is 6.10 Å². The molecule has 5 heteroatoms. The van der Waals surface area contributed by atoms with Crippen molar-refractivity contribution in [2.45, 2.75) is 44.4 Å². The van der Waals surface area contributed by atoms with Crippen LogP contribution in [-0.2, 0) is 16.0 Å². The fourth-order valence-electron chi connectivity index (χ4n) is 2.45. The van der Waals surface area contributed by atoms with E-state index in [-0.39, 0.29) is 24.2 Å². The summed E-state index contributed by atoms with van der Waals surface area (Å²) in [5.74, 6) is -0.0551. The van der Waals surface area contributed by atoms with Crippen LogP contribution in [0, 0.1) is 0 Å². The van der Waals surface area contributed by atoms with E-state index >= 15 is 0 Å². The Morgan fingerprint density at radius 1 is 1.50 bits per heavy atom. The highest BCUT2D eigenvalue weighted by atomic mass is 35.5. The molecule has 110 valence electrons. The Morgan fingerprint density at radius 3 is 2.90 bits per heavy atom. The third-order valence-corrected chi connectivity index (χ3v) is 3.90. The molecule has 1 aliphatic rings. The minimum absolute atomic E-state index is 0.0166. The Morgan fingerprint density at radius 2 is 2.25 bits per heavy atom. The van der Waals surface area contributed by atoms with Crippen LogP contribution in [0.25, 0.3) is 0 Å². The summed E-state index contributed by atoms with van der Waals surface area (Å²) >= 11 is 6.12. The lowest BCUT2D eigenvalue weighted by Gasteiger charge is -2.18. The second-order valence-corrected chi connectivity index (χ2v) is 5.67. The molecule has 3 N–H and O–H groups in total. The van der Waals surface area contributed by atoms with Crippen LogP contribution >= 0.6 is 11.6 Å². The summed E-state index contributed by atoms with van der Waals surface area (Å²) in [6.45, 7) is 2.44. The number of hydrogen-bond donors (Lipinski definition) is 2. The largest absolute Gasteiger partial charge is 0.364 e. The molecule has 1 aromatic rings. The van der Waals surface area contributed by atoms with Crippen LogP contribution in [0.3, 0.4) is 0 Å². The first-order chi connectivity index (χ1) is 9.60. The molecule has 4 nitrogen and oxygen atoms in total. The summed E-state index contributed by atoms with van der Waals surface area (Å²) in [5.41, 5.74) is 6.58. The van der Waals surface area contributed by atoms with Gasteiger partial charge in [-0.25, -0.2) is 0 Å². The van der Waals surface area contributed by atoms with Gasteiger partial charge >= 0.3 is 0 Å². The topological polar surface area (TPSA) is 64.4 Å². The number of rotatable bonds is 5. The third-order valence-electron chi connectivity index (χ3n) is 3.54. The highest BCUT2D eigenvalue weighted by Crippen LogP contribution is 2.20. The van der Waals surface area contributed by atoms with E-state index < -0.39 is 0 Å². The normalized spacial score (nSPS) is 23.6. The molecule has 3 unspecified atom stereocenters. The highest BCUT2D eigenvalue weighted by molar-refractivity contribution is 6.31. The molecule has 0 saturated carbocycles. The molecule has 0 aromatic heterocycles. The van der Waals surface area contributed by atoms with Crippen molar-refractivity contribution < 1.29 is 9.53 Å². The quantitative estimate of drug-likeness (QED) is 0.872. The monoisotopic (exact) mass is 296 g/mol. The van der Waals surface area contributed by atoms with Gasteiger partial charge < -0.3 is 15.8 Å². The van der Waals surface area contributed by atoms with Crippen LogP contribution in [0.2, 0.25) is 5.02 Å². The number of halogens is 1. The van der Waals surface area contributed by atoms with E-state index in [0.29, 0.717) is 13.0 Å². The van der Waals surface area contributed by atoms with E-state index in [1.807, 2.05) is 31.2 Å². The number of ether oxygens (including phenoxy) is 1. The zero-order chi connectivity index (χ0) is 14.5. The summed E-state index contributed by atoms with van der Waals surface area (Å²) in [6.07, 6.45) is 1.96. The first kappa shape index (κ1) is 15.3. The van der Waals surface area contributed by atoms with Crippen LogP contribution < -0.4 is 11.1 Å². The molecule has 1 heterocycles. The number of benzene rings is 1. The number of hydrogen-bond acceptors (Lipinski definition) is 3. The minimum Gasteiger partial charge on any atom is -0.364 e. The van der Waals surface area contributed by atoms with Crippen LogP contribution in [-0.4, -0.2) is 30.7 Å². The van der Waals surface area contributed by atoms with E-state index in [1.165, 1.54) is 0 Å². The smallest absolute Gasteiger partial charge is 0.249 e.